The van der Waals surface area contributed by atoms with Gasteiger partial charge < -0.3 is 5.32 Å². The molecule has 0 radical (unpaired) electrons. The highest BCUT2D eigenvalue weighted by atomic mass is 16.2. The molecule has 25 heavy (non-hydrogen) atoms. The molecule has 1 fully saturated rings. The molecule has 130 valence electrons. The first-order chi connectivity index (χ1) is 11.8. The molecule has 2 rings (SSSR count). The van der Waals surface area contributed by atoms with E-state index >= 15 is 0 Å². The molecule has 3 amide bonds. The summed E-state index contributed by atoms with van der Waals surface area (Å²) in [5, 5.41) is 20.6. The van der Waals surface area contributed by atoms with E-state index in [0.717, 1.165) is 10.5 Å². The third-order valence-corrected chi connectivity index (χ3v) is 4.62. The molecule has 6 nitrogen and oxygen atoms in total. The summed E-state index contributed by atoms with van der Waals surface area (Å²) in [6.07, 6.45) is 0.555. The first-order valence-electron chi connectivity index (χ1n) is 8.34. The molecule has 0 aromatic heterocycles. The summed E-state index contributed by atoms with van der Waals surface area (Å²) in [6, 6.07) is 11.2. The van der Waals surface area contributed by atoms with Crippen LogP contribution in [0.25, 0.3) is 0 Å². The van der Waals surface area contributed by atoms with Crippen molar-refractivity contribution >= 4 is 11.9 Å². The molecule has 0 unspecified atom stereocenters. The Balaban J connectivity index is 2.21. The van der Waals surface area contributed by atoms with Crippen LogP contribution >= 0.6 is 0 Å². The molecule has 0 saturated carbocycles. The van der Waals surface area contributed by atoms with Gasteiger partial charge in [-0.05, 0) is 30.4 Å². The number of imide groups is 1. The molecule has 0 bridgehead atoms. The van der Waals surface area contributed by atoms with Crippen molar-refractivity contribution in [2.24, 2.45) is 5.92 Å². The average Bonchev–Trinajstić information content (AvgIpc) is 2.82. The van der Waals surface area contributed by atoms with Gasteiger partial charge in [-0.1, -0.05) is 38.1 Å². The van der Waals surface area contributed by atoms with Crippen molar-refractivity contribution in [1.82, 2.24) is 10.2 Å². The predicted molar refractivity (Wildman–Crippen MR) is 92.1 cm³/mol. The minimum Gasteiger partial charge on any atom is -0.319 e. The molecule has 1 aliphatic rings. The summed E-state index contributed by atoms with van der Waals surface area (Å²) >= 11 is 0. The minimum atomic E-state index is -1.14. The lowest BCUT2D eigenvalue weighted by molar-refractivity contribution is -0.131. The molecule has 1 aliphatic heterocycles. The number of amides is 3. The summed E-state index contributed by atoms with van der Waals surface area (Å²) in [5.74, 6) is -0.532. The molecule has 0 spiro atoms. The Bertz CT molecular complexity index is 742. The molecule has 0 aliphatic carbocycles. The zero-order chi connectivity index (χ0) is 18.6. The first kappa shape index (κ1) is 18.5. The topological polar surface area (TPSA) is 97.0 Å². The van der Waals surface area contributed by atoms with Crippen molar-refractivity contribution in [3.63, 3.8) is 0 Å². The van der Waals surface area contributed by atoms with Crippen LogP contribution in [0, 0.1) is 28.6 Å². The average molecular weight is 338 g/mol. The van der Waals surface area contributed by atoms with Gasteiger partial charge in [-0.3, -0.25) is 9.69 Å². The van der Waals surface area contributed by atoms with Crippen LogP contribution in [0.2, 0.25) is 0 Å². The van der Waals surface area contributed by atoms with Crippen molar-refractivity contribution in [1.29, 1.82) is 10.5 Å². The molecule has 1 saturated heterocycles. The first-order valence-corrected chi connectivity index (χ1v) is 8.34. The Kier molecular flexibility index (Phi) is 5.44. The number of carbonyl (C=O) groups excluding carboxylic acids is 2. The highest BCUT2D eigenvalue weighted by Gasteiger charge is 2.49. The summed E-state index contributed by atoms with van der Waals surface area (Å²) in [6.45, 7) is 5.85. The van der Waals surface area contributed by atoms with E-state index < -0.39 is 17.5 Å². The molecular formula is C19H22N4O2. The zero-order valence-electron chi connectivity index (χ0n) is 14.7. The van der Waals surface area contributed by atoms with Crippen LogP contribution in [0.15, 0.2) is 24.3 Å². The maximum Gasteiger partial charge on any atom is 0.325 e. The normalized spacial score (nSPS) is 21.0. The molecule has 1 aromatic carbocycles. The number of hydrogen-bond acceptors (Lipinski definition) is 4. The lowest BCUT2D eigenvalue weighted by atomic mass is 9.90. The molecule has 6 heteroatoms. The molecule has 2 atom stereocenters. The van der Waals surface area contributed by atoms with Crippen molar-refractivity contribution in [2.75, 3.05) is 6.54 Å². The Morgan fingerprint density at radius 1 is 1.20 bits per heavy atom. The fourth-order valence-corrected chi connectivity index (χ4v) is 2.92. The van der Waals surface area contributed by atoms with Crippen LogP contribution in [0.3, 0.4) is 0 Å². The maximum atomic E-state index is 12.9. The number of nitrogens with one attached hydrogen (secondary N) is 1. The van der Waals surface area contributed by atoms with E-state index in [1.165, 1.54) is 0 Å². The highest BCUT2D eigenvalue weighted by Crippen LogP contribution is 2.30. The van der Waals surface area contributed by atoms with Gasteiger partial charge in [0, 0.05) is 13.0 Å². The standard InChI is InChI=1S/C19H22N4O2/c1-13(2)15-6-8-16(9-7-15)19(3)17(24)23(18(25)22-19)12-14(11-21)5-4-10-20/h6-9,13-14H,4-5,12H2,1-3H3,(H,22,25)/t14-,19-/m0/s1. The van der Waals surface area contributed by atoms with E-state index in [1.54, 1.807) is 6.92 Å². The minimum absolute atomic E-state index is 0.00249. The third-order valence-electron chi connectivity index (χ3n) is 4.62. The lowest BCUT2D eigenvalue weighted by Crippen LogP contribution is -2.41. The Labute approximate surface area is 148 Å². The van der Waals surface area contributed by atoms with Crippen LogP contribution in [0.5, 0.6) is 0 Å². The van der Waals surface area contributed by atoms with Crippen molar-refractivity contribution in [3.8, 4) is 12.1 Å². The van der Waals surface area contributed by atoms with Gasteiger partial charge in [0.1, 0.15) is 5.54 Å². The van der Waals surface area contributed by atoms with Gasteiger partial charge in [0.05, 0.1) is 18.1 Å². The molecule has 1 heterocycles. The van der Waals surface area contributed by atoms with E-state index in [9.17, 15) is 14.9 Å². The van der Waals surface area contributed by atoms with Gasteiger partial charge in [0.2, 0.25) is 0 Å². The van der Waals surface area contributed by atoms with Crippen molar-refractivity contribution in [2.45, 2.75) is 45.1 Å². The predicted octanol–water partition coefficient (Wildman–Crippen LogP) is 3.02. The fourth-order valence-electron chi connectivity index (χ4n) is 2.92. The van der Waals surface area contributed by atoms with Gasteiger partial charge >= 0.3 is 6.03 Å². The summed E-state index contributed by atoms with van der Waals surface area (Å²) in [7, 11) is 0. The summed E-state index contributed by atoms with van der Waals surface area (Å²) in [5.41, 5.74) is 0.729. The zero-order valence-corrected chi connectivity index (χ0v) is 14.7. The van der Waals surface area contributed by atoms with Crippen molar-refractivity contribution < 1.29 is 9.59 Å². The van der Waals surface area contributed by atoms with Gasteiger partial charge in [-0.2, -0.15) is 10.5 Å². The van der Waals surface area contributed by atoms with E-state index in [2.05, 4.69) is 25.2 Å². The SMILES string of the molecule is CC(C)c1ccc([C@]2(C)NC(=O)N(C[C@H](C#N)CCC#N)C2=O)cc1. The Morgan fingerprint density at radius 2 is 1.84 bits per heavy atom. The van der Waals surface area contributed by atoms with Crippen LogP contribution in [-0.2, 0) is 10.3 Å². The Morgan fingerprint density at radius 3 is 2.36 bits per heavy atom. The largest absolute Gasteiger partial charge is 0.325 e. The maximum absolute atomic E-state index is 12.9. The second kappa shape index (κ2) is 7.36. The smallest absolute Gasteiger partial charge is 0.319 e. The number of urea groups is 1. The van der Waals surface area contributed by atoms with E-state index in [-0.39, 0.29) is 18.9 Å². The summed E-state index contributed by atoms with van der Waals surface area (Å²) in [4.78, 5) is 26.2. The van der Waals surface area contributed by atoms with Gasteiger partial charge in [-0.15, -0.1) is 0 Å². The fraction of sp³-hybridized carbons (Fsp3) is 0.474. The van der Waals surface area contributed by atoms with E-state index in [4.69, 9.17) is 5.26 Å². The summed E-state index contributed by atoms with van der Waals surface area (Å²) < 4.78 is 0. The van der Waals surface area contributed by atoms with Crippen LogP contribution < -0.4 is 5.32 Å². The number of benzene rings is 1. The van der Waals surface area contributed by atoms with Crippen LogP contribution in [0.4, 0.5) is 4.79 Å². The molecule has 1 aromatic rings. The second-order valence-electron chi connectivity index (χ2n) is 6.77. The molecule has 1 N–H and O–H groups in total. The van der Waals surface area contributed by atoms with Gasteiger partial charge in [-0.25, -0.2) is 4.79 Å². The number of carbonyl (C=O) groups is 2. The van der Waals surface area contributed by atoms with Crippen LogP contribution in [0.1, 0.15) is 50.7 Å². The third kappa shape index (κ3) is 3.64. The van der Waals surface area contributed by atoms with Gasteiger partial charge in [0.15, 0.2) is 0 Å². The second-order valence-corrected chi connectivity index (χ2v) is 6.77. The van der Waals surface area contributed by atoms with E-state index in [1.807, 2.05) is 30.3 Å². The van der Waals surface area contributed by atoms with Crippen LogP contribution in [-0.4, -0.2) is 23.4 Å². The highest BCUT2D eigenvalue weighted by molar-refractivity contribution is 6.07. The quantitative estimate of drug-likeness (QED) is 0.806. The van der Waals surface area contributed by atoms with E-state index in [0.29, 0.717) is 17.9 Å². The monoisotopic (exact) mass is 338 g/mol. The molecular weight excluding hydrogens is 316 g/mol. The lowest BCUT2D eigenvalue weighted by Gasteiger charge is -2.23. The van der Waals surface area contributed by atoms with Gasteiger partial charge in [0.25, 0.3) is 5.91 Å². The number of rotatable bonds is 6. The Hall–Kier alpha value is -2.86. The number of nitriles is 2. The number of nitrogens with zero attached hydrogens (tertiary/aromatic N) is 3. The van der Waals surface area contributed by atoms with Crippen molar-refractivity contribution in [3.05, 3.63) is 35.4 Å². The number of hydrogen-bond donors (Lipinski definition) is 1.